The molecule has 5 rings (SSSR count). The van der Waals surface area contributed by atoms with Crippen LogP contribution in [0.1, 0.15) is 67.1 Å². The Morgan fingerprint density at radius 2 is 1.86 bits per heavy atom. The van der Waals surface area contributed by atoms with Crippen molar-refractivity contribution in [3.63, 3.8) is 0 Å². The van der Waals surface area contributed by atoms with E-state index in [1.807, 2.05) is 6.07 Å². The van der Waals surface area contributed by atoms with Crippen LogP contribution in [0.4, 0.5) is 4.79 Å². The monoisotopic (exact) mass is 475 g/mol. The summed E-state index contributed by atoms with van der Waals surface area (Å²) in [7, 11) is 1.42. The van der Waals surface area contributed by atoms with E-state index in [4.69, 9.17) is 9.72 Å². The highest BCUT2D eigenvalue weighted by molar-refractivity contribution is 5.82. The van der Waals surface area contributed by atoms with E-state index >= 15 is 0 Å². The van der Waals surface area contributed by atoms with E-state index in [0.29, 0.717) is 25.9 Å². The number of aliphatic carboxylic acids is 1. The smallest absolute Gasteiger partial charge is 0.409 e. The number of carboxylic acid groups (broad SMARTS) is 1. The summed E-state index contributed by atoms with van der Waals surface area (Å²) < 4.78 is 7.37. The molecule has 3 aromatic rings. The van der Waals surface area contributed by atoms with E-state index in [2.05, 4.69) is 47.9 Å². The molecule has 1 fully saturated rings. The predicted octanol–water partition coefficient (Wildman–Crippen LogP) is 5.32. The van der Waals surface area contributed by atoms with E-state index in [1.54, 1.807) is 4.90 Å². The highest BCUT2D eigenvalue weighted by Crippen LogP contribution is 2.40. The Morgan fingerprint density at radius 1 is 1.11 bits per heavy atom. The van der Waals surface area contributed by atoms with Crippen LogP contribution in [0, 0.1) is 5.92 Å². The van der Waals surface area contributed by atoms with Crippen LogP contribution in [0.3, 0.4) is 0 Å². The molecule has 2 heterocycles. The first kappa shape index (κ1) is 23.4. The molecule has 1 N–H and O–H groups in total. The minimum absolute atomic E-state index is 0.188. The number of imidazole rings is 1. The van der Waals surface area contributed by atoms with Gasteiger partial charge in [-0.05, 0) is 62.6 Å². The fourth-order valence-corrected chi connectivity index (χ4v) is 5.89. The average Bonchev–Trinajstić information content (AvgIpc) is 3.29. The van der Waals surface area contributed by atoms with Gasteiger partial charge >= 0.3 is 12.1 Å². The molecule has 184 valence electrons. The Bertz CT molecular complexity index is 1230. The van der Waals surface area contributed by atoms with Crippen LogP contribution in [-0.2, 0) is 28.9 Å². The van der Waals surface area contributed by atoms with Crippen LogP contribution in [0.5, 0.6) is 0 Å². The molecule has 7 heteroatoms. The molecular weight excluding hydrogens is 442 g/mol. The molecule has 0 unspecified atom stereocenters. The molecule has 1 atom stereocenters. The molecule has 1 amide bonds. The van der Waals surface area contributed by atoms with Gasteiger partial charge in [-0.2, -0.15) is 0 Å². The summed E-state index contributed by atoms with van der Waals surface area (Å²) in [5.74, 6) is 0.335. The fraction of sp³-hybridized carbons (Fsp3) is 0.464. The molecule has 0 bridgehead atoms. The number of carboxylic acids is 1. The lowest BCUT2D eigenvalue weighted by Gasteiger charge is -2.28. The van der Waals surface area contributed by atoms with Gasteiger partial charge in [-0.15, -0.1) is 0 Å². The summed E-state index contributed by atoms with van der Waals surface area (Å²) in [6.07, 6.45) is 4.39. The number of carbonyl (C=O) groups is 2. The molecule has 1 aliphatic heterocycles. The Labute approximate surface area is 205 Å². The summed E-state index contributed by atoms with van der Waals surface area (Å²) in [6, 6.07) is 15.0. The van der Waals surface area contributed by atoms with Crippen molar-refractivity contribution < 1.29 is 19.4 Å². The Balaban J connectivity index is 1.56. The zero-order valence-corrected chi connectivity index (χ0v) is 20.4. The van der Waals surface area contributed by atoms with Crippen molar-refractivity contribution in [1.29, 1.82) is 0 Å². The number of nitrogens with zero attached hydrogens (tertiary/aromatic N) is 3. The standard InChI is InChI=1S/C28H33N3O4/c1-18(16-19-6-4-3-5-7-19)31-24-13-12-20-14-15-30(28(34)35-2)17-23(20)25(24)29-26(31)21-8-10-22(11-9-21)27(32)33/h3-7,12-13,18,21-22H,8-11,14-17H2,1-2H3,(H,32,33)/t18-,21-,22-/m1/s1. The van der Waals surface area contributed by atoms with Gasteiger partial charge in [0.05, 0.1) is 30.6 Å². The van der Waals surface area contributed by atoms with Gasteiger partial charge in [0.2, 0.25) is 0 Å². The van der Waals surface area contributed by atoms with Crippen molar-refractivity contribution in [2.75, 3.05) is 13.7 Å². The Morgan fingerprint density at radius 3 is 2.54 bits per heavy atom. The van der Waals surface area contributed by atoms with Gasteiger partial charge in [-0.3, -0.25) is 4.79 Å². The number of hydrogen-bond donors (Lipinski definition) is 1. The van der Waals surface area contributed by atoms with Crippen molar-refractivity contribution in [1.82, 2.24) is 14.5 Å². The number of aromatic nitrogens is 2. The fourth-order valence-electron chi connectivity index (χ4n) is 5.89. The molecule has 0 spiro atoms. The molecule has 2 aromatic carbocycles. The normalized spacial score (nSPS) is 20.9. The van der Waals surface area contributed by atoms with Crippen LogP contribution in [0.15, 0.2) is 42.5 Å². The molecule has 0 saturated heterocycles. The summed E-state index contributed by atoms with van der Waals surface area (Å²) in [4.78, 5) is 30.8. The number of amides is 1. The van der Waals surface area contributed by atoms with E-state index in [-0.39, 0.29) is 24.0 Å². The third-order valence-electron chi connectivity index (χ3n) is 7.78. The number of ether oxygens (including phenoxy) is 1. The van der Waals surface area contributed by atoms with Gasteiger partial charge in [0.1, 0.15) is 5.82 Å². The SMILES string of the molecule is COC(=O)N1CCc2ccc3c(nc([C@H]4CC[C@H](C(=O)O)CC4)n3[C@H](C)Cc3ccccc3)c2C1. The topological polar surface area (TPSA) is 84.7 Å². The number of methoxy groups -OCH3 is 1. The minimum Gasteiger partial charge on any atom is -0.481 e. The largest absolute Gasteiger partial charge is 0.481 e. The second-order valence-corrected chi connectivity index (χ2v) is 9.98. The molecular formula is C28H33N3O4. The highest BCUT2D eigenvalue weighted by Gasteiger charge is 2.32. The zero-order valence-electron chi connectivity index (χ0n) is 20.4. The second kappa shape index (κ2) is 9.72. The van der Waals surface area contributed by atoms with Crippen molar-refractivity contribution in [3.8, 4) is 0 Å². The molecule has 1 aromatic heterocycles. The average molecular weight is 476 g/mol. The van der Waals surface area contributed by atoms with E-state index in [0.717, 1.165) is 48.1 Å². The Hall–Kier alpha value is -3.35. The first-order valence-electron chi connectivity index (χ1n) is 12.6. The van der Waals surface area contributed by atoms with Crippen LogP contribution in [-0.4, -0.2) is 45.3 Å². The molecule has 7 nitrogen and oxygen atoms in total. The van der Waals surface area contributed by atoms with Crippen molar-refractivity contribution >= 4 is 23.1 Å². The number of fused-ring (bicyclic) bond motifs is 3. The minimum atomic E-state index is -0.689. The van der Waals surface area contributed by atoms with Gasteiger partial charge in [0, 0.05) is 24.1 Å². The maximum absolute atomic E-state index is 12.3. The lowest BCUT2D eigenvalue weighted by molar-refractivity contribution is -0.142. The van der Waals surface area contributed by atoms with Crippen LogP contribution >= 0.6 is 0 Å². The highest BCUT2D eigenvalue weighted by atomic mass is 16.5. The molecule has 0 radical (unpaired) electrons. The number of carbonyl (C=O) groups excluding carboxylic acids is 1. The lowest BCUT2D eigenvalue weighted by Crippen LogP contribution is -2.35. The van der Waals surface area contributed by atoms with Gasteiger partial charge in [-0.25, -0.2) is 9.78 Å². The van der Waals surface area contributed by atoms with E-state index in [9.17, 15) is 14.7 Å². The van der Waals surface area contributed by atoms with Crippen LogP contribution in [0.2, 0.25) is 0 Å². The molecule has 35 heavy (non-hydrogen) atoms. The van der Waals surface area contributed by atoms with E-state index < -0.39 is 5.97 Å². The maximum atomic E-state index is 12.3. The summed E-state index contributed by atoms with van der Waals surface area (Å²) in [6.45, 7) is 3.37. The van der Waals surface area contributed by atoms with Gasteiger partial charge < -0.3 is 19.3 Å². The zero-order chi connectivity index (χ0) is 24.5. The quantitative estimate of drug-likeness (QED) is 0.540. The summed E-state index contributed by atoms with van der Waals surface area (Å²) in [5.41, 5.74) is 5.67. The number of hydrogen-bond acceptors (Lipinski definition) is 4. The molecule has 2 aliphatic rings. The van der Waals surface area contributed by atoms with Gasteiger partial charge in [-0.1, -0.05) is 36.4 Å². The van der Waals surface area contributed by atoms with Crippen LogP contribution in [0.25, 0.3) is 11.0 Å². The third-order valence-corrected chi connectivity index (χ3v) is 7.78. The number of benzene rings is 2. The Kier molecular flexibility index (Phi) is 6.50. The van der Waals surface area contributed by atoms with Crippen molar-refractivity contribution in [3.05, 3.63) is 65.0 Å². The van der Waals surface area contributed by atoms with Gasteiger partial charge in [0.15, 0.2) is 0 Å². The first-order chi connectivity index (χ1) is 17.0. The summed E-state index contributed by atoms with van der Waals surface area (Å²) in [5, 5.41) is 9.48. The van der Waals surface area contributed by atoms with Crippen molar-refractivity contribution in [2.24, 2.45) is 5.92 Å². The predicted molar refractivity (Wildman–Crippen MR) is 133 cm³/mol. The lowest BCUT2D eigenvalue weighted by atomic mass is 9.81. The summed E-state index contributed by atoms with van der Waals surface area (Å²) >= 11 is 0. The van der Waals surface area contributed by atoms with Crippen LogP contribution < -0.4 is 0 Å². The van der Waals surface area contributed by atoms with Crippen molar-refractivity contribution in [2.45, 2.75) is 64.0 Å². The van der Waals surface area contributed by atoms with Gasteiger partial charge in [0.25, 0.3) is 0 Å². The second-order valence-electron chi connectivity index (χ2n) is 9.98. The van der Waals surface area contributed by atoms with E-state index in [1.165, 1.54) is 18.2 Å². The number of rotatable bonds is 5. The molecule has 1 aliphatic carbocycles. The maximum Gasteiger partial charge on any atom is 0.409 e. The molecule has 1 saturated carbocycles. The third kappa shape index (κ3) is 4.51. The first-order valence-corrected chi connectivity index (χ1v) is 12.6.